The summed E-state index contributed by atoms with van der Waals surface area (Å²) >= 11 is 0. The van der Waals surface area contributed by atoms with Crippen LogP contribution in [0.25, 0.3) is 0 Å². The number of ether oxygens (including phenoxy) is 1. The van der Waals surface area contributed by atoms with Crippen LogP contribution in [0.15, 0.2) is 24.3 Å². The van der Waals surface area contributed by atoms with E-state index in [1.807, 2.05) is 18.2 Å². The fourth-order valence-corrected chi connectivity index (χ4v) is 2.15. The number of para-hydroxylation sites is 1. The molecule has 0 spiro atoms. The third kappa shape index (κ3) is 3.96. The van der Waals surface area contributed by atoms with Crippen LogP contribution in [0.3, 0.4) is 0 Å². The van der Waals surface area contributed by atoms with Crippen molar-refractivity contribution in [2.75, 3.05) is 19.7 Å². The van der Waals surface area contributed by atoms with E-state index in [-0.39, 0.29) is 11.9 Å². The Morgan fingerprint density at radius 1 is 1.42 bits per heavy atom. The standard InChI is InChI=1S/C15H22N2O2/c1-11(2)9-17-15(18)10-16-13-7-8-19-14-6-4-3-5-12(13)14/h3-6,11,13,16H,7-10H2,1-2H3,(H,17,18). The largest absolute Gasteiger partial charge is 0.493 e. The Bertz CT molecular complexity index is 432. The Morgan fingerprint density at radius 3 is 3.00 bits per heavy atom. The molecule has 0 aliphatic carbocycles. The van der Waals surface area contributed by atoms with Crippen LogP contribution in [0.5, 0.6) is 5.75 Å². The normalized spacial score (nSPS) is 17.7. The minimum Gasteiger partial charge on any atom is -0.493 e. The molecule has 0 saturated carbocycles. The van der Waals surface area contributed by atoms with Crippen molar-refractivity contribution in [1.29, 1.82) is 0 Å². The van der Waals surface area contributed by atoms with Crippen molar-refractivity contribution in [3.63, 3.8) is 0 Å². The number of hydrogen-bond donors (Lipinski definition) is 2. The van der Waals surface area contributed by atoms with E-state index in [2.05, 4.69) is 30.5 Å². The highest BCUT2D eigenvalue weighted by Gasteiger charge is 2.20. The molecule has 1 atom stereocenters. The Balaban J connectivity index is 1.86. The van der Waals surface area contributed by atoms with Crippen LogP contribution in [0.2, 0.25) is 0 Å². The van der Waals surface area contributed by atoms with Gasteiger partial charge >= 0.3 is 0 Å². The van der Waals surface area contributed by atoms with E-state index in [4.69, 9.17) is 4.74 Å². The number of nitrogens with one attached hydrogen (secondary N) is 2. The van der Waals surface area contributed by atoms with E-state index >= 15 is 0 Å². The molecule has 1 unspecified atom stereocenters. The van der Waals surface area contributed by atoms with Gasteiger partial charge in [0.2, 0.25) is 5.91 Å². The van der Waals surface area contributed by atoms with Crippen LogP contribution in [0.4, 0.5) is 0 Å². The van der Waals surface area contributed by atoms with Gasteiger partial charge in [0.25, 0.3) is 0 Å². The first-order valence-corrected chi connectivity index (χ1v) is 6.88. The number of rotatable bonds is 5. The number of hydrogen-bond acceptors (Lipinski definition) is 3. The lowest BCUT2D eigenvalue weighted by atomic mass is 10.0. The molecule has 104 valence electrons. The number of amides is 1. The van der Waals surface area contributed by atoms with Crippen molar-refractivity contribution in [3.05, 3.63) is 29.8 Å². The highest BCUT2D eigenvalue weighted by atomic mass is 16.5. The fourth-order valence-electron chi connectivity index (χ4n) is 2.15. The minimum absolute atomic E-state index is 0.0534. The van der Waals surface area contributed by atoms with E-state index in [1.54, 1.807) is 0 Å². The molecule has 19 heavy (non-hydrogen) atoms. The molecule has 1 aromatic carbocycles. The van der Waals surface area contributed by atoms with Crippen molar-refractivity contribution in [3.8, 4) is 5.75 Å². The van der Waals surface area contributed by atoms with Gasteiger partial charge in [0.05, 0.1) is 13.2 Å². The van der Waals surface area contributed by atoms with Gasteiger partial charge in [-0.1, -0.05) is 32.0 Å². The van der Waals surface area contributed by atoms with Gasteiger partial charge in [-0.2, -0.15) is 0 Å². The van der Waals surface area contributed by atoms with Gasteiger partial charge in [0.1, 0.15) is 5.75 Å². The fraction of sp³-hybridized carbons (Fsp3) is 0.533. The van der Waals surface area contributed by atoms with Crippen LogP contribution in [0.1, 0.15) is 31.9 Å². The van der Waals surface area contributed by atoms with Gasteiger partial charge < -0.3 is 15.4 Å². The molecular weight excluding hydrogens is 240 g/mol. The van der Waals surface area contributed by atoms with Crippen LogP contribution in [-0.4, -0.2) is 25.6 Å². The summed E-state index contributed by atoms with van der Waals surface area (Å²) in [5.74, 6) is 1.46. The van der Waals surface area contributed by atoms with Crippen LogP contribution >= 0.6 is 0 Å². The quantitative estimate of drug-likeness (QED) is 0.851. The molecule has 0 bridgehead atoms. The monoisotopic (exact) mass is 262 g/mol. The number of carbonyl (C=O) groups is 1. The zero-order chi connectivity index (χ0) is 13.7. The van der Waals surface area contributed by atoms with Crippen molar-refractivity contribution in [2.24, 2.45) is 5.92 Å². The first kappa shape index (κ1) is 13.9. The second-order valence-electron chi connectivity index (χ2n) is 5.31. The molecule has 1 aliphatic heterocycles. The van der Waals surface area contributed by atoms with Crippen LogP contribution in [0, 0.1) is 5.92 Å². The van der Waals surface area contributed by atoms with Gasteiger partial charge in [-0.25, -0.2) is 0 Å². The van der Waals surface area contributed by atoms with Crippen molar-refractivity contribution in [1.82, 2.24) is 10.6 Å². The van der Waals surface area contributed by atoms with Gasteiger partial charge in [-0.3, -0.25) is 4.79 Å². The molecule has 1 heterocycles. The maximum atomic E-state index is 11.7. The Morgan fingerprint density at radius 2 is 2.21 bits per heavy atom. The van der Waals surface area contributed by atoms with Crippen molar-refractivity contribution >= 4 is 5.91 Å². The predicted octanol–water partition coefficient (Wildman–Crippen LogP) is 1.87. The van der Waals surface area contributed by atoms with Gasteiger partial charge in [0, 0.05) is 24.6 Å². The molecule has 0 aromatic heterocycles. The van der Waals surface area contributed by atoms with Gasteiger partial charge in [-0.05, 0) is 12.0 Å². The Labute approximate surface area is 114 Å². The molecule has 1 aliphatic rings. The zero-order valence-electron chi connectivity index (χ0n) is 11.6. The lowest BCUT2D eigenvalue weighted by Crippen LogP contribution is -2.38. The predicted molar refractivity (Wildman–Crippen MR) is 75.1 cm³/mol. The molecule has 0 radical (unpaired) electrons. The third-order valence-corrected chi connectivity index (χ3v) is 3.18. The highest BCUT2D eigenvalue weighted by molar-refractivity contribution is 5.78. The Hall–Kier alpha value is -1.55. The van der Waals surface area contributed by atoms with Crippen LogP contribution in [-0.2, 0) is 4.79 Å². The third-order valence-electron chi connectivity index (χ3n) is 3.18. The lowest BCUT2D eigenvalue weighted by molar-refractivity contribution is -0.120. The molecule has 0 saturated heterocycles. The maximum Gasteiger partial charge on any atom is 0.233 e. The van der Waals surface area contributed by atoms with E-state index < -0.39 is 0 Å². The topological polar surface area (TPSA) is 50.4 Å². The van der Waals surface area contributed by atoms with E-state index in [1.165, 1.54) is 0 Å². The molecule has 2 N–H and O–H groups in total. The second kappa shape index (κ2) is 6.57. The SMILES string of the molecule is CC(C)CNC(=O)CNC1CCOc2ccccc21. The van der Waals surface area contributed by atoms with Gasteiger partial charge in [-0.15, -0.1) is 0 Å². The summed E-state index contributed by atoms with van der Waals surface area (Å²) < 4.78 is 5.60. The molecule has 2 rings (SSSR count). The molecule has 4 heteroatoms. The number of fused-ring (bicyclic) bond motifs is 1. The summed E-state index contributed by atoms with van der Waals surface area (Å²) in [6.07, 6.45) is 0.897. The van der Waals surface area contributed by atoms with Gasteiger partial charge in [0.15, 0.2) is 0 Å². The van der Waals surface area contributed by atoms with Crippen LogP contribution < -0.4 is 15.4 Å². The molecule has 1 amide bonds. The number of carbonyl (C=O) groups excluding carboxylic acids is 1. The molecule has 0 fully saturated rings. The number of benzene rings is 1. The summed E-state index contributed by atoms with van der Waals surface area (Å²) in [5, 5.41) is 6.22. The van der Waals surface area contributed by atoms with E-state index in [0.717, 1.165) is 24.3 Å². The second-order valence-corrected chi connectivity index (χ2v) is 5.31. The van der Waals surface area contributed by atoms with Crippen molar-refractivity contribution < 1.29 is 9.53 Å². The average Bonchev–Trinajstić information content (AvgIpc) is 2.42. The lowest BCUT2D eigenvalue weighted by Gasteiger charge is -2.26. The Kier molecular flexibility index (Phi) is 4.80. The summed E-state index contributed by atoms with van der Waals surface area (Å²) in [7, 11) is 0. The first-order valence-electron chi connectivity index (χ1n) is 6.88. The molecule has 4 nitrogen and oxygen atoms in total. The minimum atomic E-state index is 0.0534. The highest BCUT2D eigenvalue weighted by Crippen LogP contribution is 2.31. The zero-order valence-corrected chi connectivity index (χ0v) is 11.6. The average molecular weight is 262 g/mol. The van der Waals surface area contributed by atoms with E-state index in [9.17, 15) is 4.79 Å². The van der Waals surface area contributed by atoms with Crippen molar-refractivity contribution in [2.45, 2.75) is 26.3 Å². The summed E-state index contributed by atoms with van der Waals surface area (Å²) in [4.78, 5) is 11.7. The first-order chi connectivity index (χ1) is 9.16. The summed E-state index contributed by atoms with van der Waals surface area (Å²) in [6, 6.07) is 8.20. The smallest absolute Gasteiger partial charge is 0.233 e. The van der Waals surface area contributed by atoms with E-state index in [0.29, 0.717) is 19.1 Å². The summed E-state index contributed by atoms with van der Waals surface area (Å²) in [6.45, 7) is 5.95. The summed E-state index contributed by atoms with van der Waals surface area (Å²) in [5.41, 5.74) is 1.14. The molecule has 1 aromatic rings. The maximum absolute atomic E-state index is 11.7. The molecular formula is C15H22N2O2.